The molecule has 0 saturated carbocycles. The molecule has 26 heavy (non-hydrogen) atoms. The average Bonchev–Trinajstić information content (AvgIpc) is 3.28. The van der Waals surface area contributed by atoms with E-state index in [1.54, 1.807) is 18.0 Å². The Morgan fingerprint density at radius 3 is 2.73 bits per heavy atom. The molecule has 0 fully saturated rings. The van der Waals surface area contributed by atoms with Crippen LogP contribution in [0.3, 0.4) is 0 Å². The second-order valence-electron chi connectivity index (χ2n) is 6.01. The molecule has 6 nitrogen and oxygen atoms in total. The van der Waals surface area contributed by atoms with Crippen molar-refractivity contribution in [2.75, 3.05) is 12.3 Å². The van der Waals surface area contributed by atoms with E-state index < -0.39 is 0 Å². The lowest BCUT2D eigenvalue weighted by Gasteiger charge is -2.07. The van der Waals surface area contributed by atoms with Gasteiger partial charge in [0.15, 0.2) is 0 Å². The first-order valence-electron chi connectivity index (χ1n) is 8.48. The molecule has 3 rings (SSSR count). The van der Waals surface area contributed by atoms with Crippen molar-refractivity contribution in [3.05, 3.63) is 65.3 Å². The maximum atomic E-state index is 12.0. The monoisotopic (exact) mass is 370 g/mol. The molecule has 0 aliphatic heterocycles. The molecule has 0 aliphatic rings. The zero-order chi connectivity index (χ0) is 18.4. The highest BCUT2D eigenvalue weighted by Crippen LogP contribution is 2.19. The highest BCUT2D eigenvalue weighted by molar-refractivity contribution is 7.99. The number of amides is 1. The molecule has 0 aliphatic carbocycles. The van der Waals surface area contributed by atoms with Gasteiger partial charge >= 0.3 is 0 Å². The quantitative estimate of drug-likeness (QED) is 0.660. The predicted molar refractivity (Wildman–Crippen MR) is 102 cm³/mol. The van der Waals surface area contributed by atoms with Gasteiger partial charge in [0, 0.05) is 30.3 Å². The van der Waals surface area contributed by atoms with Crippen molar-refractivity contribution in [1.82, 2.24) is 20.3 Å². The predicted octanol–water partition coefficient (Wildman–Crippen LogP) is 3.07. The van der Waals surface area contributed by atoms with Crippen molar-refractivity contribution in [3.63, 3.8) is 0 Å². The fraction of sp³-hybridized carbons (Fsp3) is 0.316. The summed E-state index contributed by atoms with van der Waals surface area (Å²) < 4.78 is 6.95. The maximum absolute atomic E-state index is 12.0. The second-order valence-corrected chi connectivity index (χ2v) is 7.00. The molecule has 1 N–H and O–H groups in total. The number of carbonyl (C=O) groups excluding carboxylic acids is 1. The molecule has 0 unspecified atom stereocenters. The molecule has 0 radical (unpaired) electrons. The number of thioether (sulfide) groups is 1. The third-order valence-electron chi connectivity index (χ3n) is 4.10. The number of hydrogen-bond acceptors (Lipinski definition) is 5. The topological polar surface area (TPSA) is 73.0 Å². The lowest BCUT2D eigenvalue weighted by atomic mass is 10.1. The number of benzene rings is 1. The fourth-order valence-electron chi connectivity index (χ4n) is 2.59. The molecule has 0 atom stereocenters. The number of carbonyl (C=O) groups is 1. The molecule has 2 aromatic heterocycles. The van der Waals surface area contributed by atoms with Gasteiger partial charge < -0.3 is 9.84 Å². The van der Waals surface area contributed by atoms with Gasteiger partial charge in [-0.1, -0.05) is 17.3 Å². The van der Waals surface area contributed by atoms with Gasteiger partial charge in [0.05, 0.1) is 17.1 Å². The Morgan fingerprint density at radius 2 is 2.08 bits per heavy atom. The largest absolute Gasteiger partial charge is 0.361 e. The van der Waals surface area contributed by atoms with Gasteiger partial charge in [-0.2, -0.15) is 5.10 Å². The third kappa shape index (κ3) is 4.76. The minimum Gasteiger partial charge on any atom is -0.361 e. The van der Waals surface area contributed by atoms with Crippen molar-refractivity contribution >= 4 is 17.7 Å². The van der Waals surface area contributed by atoms with Crippen molar-refractivity contribution < 1.29 is 9.32 Å². The number of aryl methyl sites for hydroxylation is 2. The summed E-state index contributed by atoms with van der Waals surface area (Å²) in [5.74, 6) is 2.05. The van der Waals surface area contributed by atoms with Crippen LogP contribution in [0.2, 0.25) is 0 Å². The van der Waals surface area contributed by atoms with Gasteiger partial charge in [-0.05, 0) is 44.0 Å². The van der Waals surface area contributed by atoms with Gasteiger partial charge in [0.1, 0.15) is 5.76 Å². The van der Waals surface area contributed by atoms with Crippen LogP contribution in [0.1, 0.15) is 22.6 Å². The van der Waals surface area contributed by atoms with E-state index >= 15 is 0 Å². The third-order valence-corrected chi connectivity index (χ3v) is 5.06. The molecule has 7 heteroatoms. The lowest BCUT2D eigenvalue weighted by molar-refractivity contribution is -0.118. The Morgan fingerprint density at radius 1 is 1.27 bits per heavy atom. The zero-order valence-electron chi connectivity index (χ0n) is 14.9. The highest BCUT2D eigenvalue weighted by Gasteiger charge is 2.10. The van der Waals surface area contributed by atoms with Crippen LogP contribution < -0.4 is 5.32 Å². The summed E-state index contributed by atoms with van der Waals surface area (Å²) in [5, 5.41) is 11.1. The van der Waals surface area contributed by atoms with Crippen LogP contribution in [0.4, 0.5) is 0 Å². The van der Waals surface area contributed by atoms with E-state index in [-0.39, 0.29) is 5.91 Å². The Balaban J connectivity index is 1.37. The van der Waals surface area contributed by atoms with E-state index in [1.165, 1.54) is 5.56 Å². The van der Waals surface area contributed by atoms with Gasteiger partial charge in [-0.15, -0.1) is 11.8 Å². The molecule has 1 aromatic carbocycles. The minimum atomic E-state index is 0.0509. The van der Waals surface area contributed by atoms with Crippen LogP contribution in [-0.2, 0) is 17.0 Å². The Labute approximate surface area is 157 Å². The zero-order valence-corrected chi connectivity index (χ0v) is 15.8. The smallest absolute Gasteiger partial charge is 0.230 e. The van der Waals surface area contributed by atoms with Crippen LogP contribution in [0.15, 0.2) is 47.2 Å². The first-order chi connectivity index (χ1) is 12.6. The summed E-state index contributed by atoms with van der Waals surface area (Å²) in [6.07, 6.45) is 4.47. The van der Waals surface area contributed by atoms with Crippen LogP contribution in [-0.4, -0.2) is 33.1 Å². The normalized spacial score (nSPS) is 10.8. The average molecular weight is 370 g/mol. The molecule has 0 saturated heterocycles. The van der Waals surface area contributed by atoms with E-state index in [4.69, 9.17) is 4.52 Å². The van der Waals surface area contributed by atoms with Gasteiger partial charge in [0.25, 0.3) is 0 Å². The minimum absolute atomic E-state index is 0.0509. The maximum Gasteiger partial charge on any atom is 0.230 e. The number of hydrogen-bond donors (Lipinski definition) is 1. The molecule has 0 bridgehead atoms. The summed E-state index contributed by atoms with van der Waals surface area (Å²) in [4.78, 5) is 12.0. The molecule has 0 spiro atoms. The number of nitrogens with one attached hydrogen (secondary N) is 1. The summed E-state index contributed by atoms with van der Waals surface area (Å²) in [6, 6.07) is 10.1. The summed E-state index contributed by atoms with van der Waals surface area (Å²) >= 11 is 1.57. The fourth-order valence-corrected chi connectivity index (χ4v) is 3.59. The van der Waals surface area contributed by atoms with E-state index in [0.717, 1.165) is 34.9 Å². The lowest BCUT2D eigenvalue weighted by Crippen LogP contribution is -2.27. The molecule has 136 valence electrons. The van der Waals surface area contributed by atoms with Crippen molar-refractivity contribution in [2.24, 2.45) is 0 Å². The highest BCUT2D eigenvalue weighted by atomic mass is 32.2. The Kier molecular flexibility index (Phi) is 6.12. The van der Waals surface area contributed by atoms with Crippen molar-refractivity contribution in [3.8, 4) is 5.69 Å². The van der Waals surface area contributed by atoms with Gasteiger partial charge in [0.2, 0.25) is 5.91 Å². The number of aromatic nitrogens is 3. The SMILES string of the molecule is Cc1noc(C)c1CSCC(=O)NCCc1ccc(-n2cccn2)cc1. The van der Waals surface area contributed by atoms with Crippen LogP contribution >= 0.6 is 11.8 Å². The van der Waals surface area contributed by atoms with Crippen LogP contribution in [0.25, 0.3) is 5.69 Å². The first-order valence-corrected chi connectivity index (χ1v) is 9.64. The van der Waals surface area contributed by atoms with Gasteiger partial charge in [-0.25, -0.2) is 4.68 Å². The summed E-state index contributed by atoms with van der Waals surface area (Å²) in [6.45, 7) is 4.45. The van der Waals surface area contributed by atoms with E-state index in [1.807, 2.05) is 42.9 Å². The standard InChI is InChI=1S/C19H22N4O2S/c1-14-18(15(2)25-22-14)12-26-13-19(24)20-10-8-16-4-6-17(7-5-16)23-11-3-9-21-23/h3-7,9,11H,8,10,12-13H2,1-2H3,(H,20,24). The Bertz CT molecular complexity index is 822. The summed E-state index contributed by atoms with van der Waals surface area (Å²) in [5.41, 5.74) is 4.19. The molecular formula is C19H22N4O2S. The van der Waals surface area contributed by atoms with Crippen molar-refractivity contribution in [1.29, 1.82) is 0 Å². The number of nitrogens with zero attached hydrogens (tertiary/aromatic N) is 3. The van der Waals surface area contributed by atoms with Crippen LogP contribution in [0.5, 0.6) is 0 Å². The van der Waals surface area contributed by atoms with Crippen LogP contribution in [0, 0.1) is 13.8 Å². The number of rotatable bonds is 8. The first kappa shape index (κ1) is 18.3. The summed E-state index contributed by atoms with van der Waals surface area (Å²) in [7, 11) is 0. The van der Waals surface area contributed by atoms with Gasteiger partial charge in [-0.3, -0.25) is 4.79 Å². The van der Waals surface area contributed by atoms with E-state index in [0.29, 0.717) is 12.3 Å². The van der Waals surface area contributed by atoms with E-state index in [2.05, 4.69) is 27.7 Å². The second kappa shape index (κ2) is 8.71. The molecule has 1 amide bonds. The molecule has 3 aromatic rings. The molecular weight excluding hydrogens is 348 g/mol. The van der Waals surface area contributed by atoms with Crippen molar-refractivity contribution in [2.45, 2.75) is 26.0 Å². The molecule has 2 heterocycles. The van der Waals surface area contributed by atoms with E-state index in [9.17, 15) is 4.79 Å². The Hall–Kier alpha value is -2.54.